The molecule has 0 spiro atoms. The number of rotatable bonds is 7. The Morgan fingerprint density at radius 1 is 1.30 bits per heavy atom. The molecular formula is C18H19NO3S. The summed E-state index contributed by atoms with van der Waals surface area (Å²) >= 11 is 1.56. The Labute approximate surface area is 139 Å². The molecule has 3 rings (SSSR count). The zero-order chi connectivity index (χ0) is 16.2. The van der Waals surface area contributed by atoms with Crippen LogP contribution >= 0.6 is 11.3 Å². The van der Waals surface area contributed by atoms with Crippen LogP contribution in [-0.2, 0) is 11.2 Å². The maximum Gasteiger partial charge on any atom is 0.309 e. The smallest absolute Gasteiger partial charge is 0.309 e. The SMILES string of the molecule is CCCCOc1cccc(-c2cc3scc(CC(=O)O)n3c2)c1. The Hall–Kier alpha value is -2.27. The van der Waals surface area contributed by atoms with Crippen molar-refractivity contribution in [1.29, 1.82) is 0 Å². The predicted molar refractivity (Wildman–Crippen MR) is 92.5 cm³/mol. The van der Waals surface area contributed by atoms with Gasteiger partial charge in [0.1, 0.15) is 5.75 Å². The van der Waals surface area contributed by atoms with Gasteiger partial charge >= 0.3 is 5.97 Å². The van der Waals surface area contributed by atoms with E-state index in [2.05, 4.69) is 13.0 Å². The molecule has 0 fully saturated rings. The zero-order valence-electron chi connectivity index (χ0n) is 13.0. The highest BCUT2D eigenvalue weighted by Crippen LogP contribution is 2.29. The molecule has 0 saturated carbocycles. The molecule has 5 heteroatoms. The molecule has 0 radical (unpaired) electrons. The van der Waals surface area contributed by atoms with Crippen LogP contribution in [0.4, 0.5) is 0 Å². The number of hydrogen-bond donors (Lipinski definition) is 1. The summed E-state index contributed by atoms with van der Waals surface area (Å²) in [6.07, 6.45) is 4.19. The number of unbranched alkanes of at least 4 members (excludes halogenated alkanes) is 1. The minimum Gasteiger partial charge on any atom is -0.494 e. The third-order valence-corrected chi connectivity index (χ3v) is 4.62. The molecule has 0 unspecified atom stereocenters. The van der Waals surface area contributed by atoms with Crippen molar-refractivity contribution in [2.75, 3.05) is 6.61 Å². The third-order valence-electron chi connectivity index (χ3n) is 3.68. The summed E-state index contributed by atoms with van der Waals surface area (Å²) in [5, 5.41) is 10.9. The summed E-state index contributed by atoms with van der Waals surface area (Å²) in [6.45, 7) is 2.87. The molecule has 23 heavy (non-hydrogen) atoms. The van der Waals surface area contributed by atoms with E-state index in [-0.39, 0.29) is 6.42 Å². The zero-order valence-corrected chi connectivity index (χ0v) is 13.8. The summed E-state index contributed by atoms with van der Waals surface area (Å²) in [5.41, 5.74) is 2.96. The van der Waals surface area contributed by atoms with Crippen LogP contribution in [0, 0.1) is 0 Å². The minimum atomic E-state index is -0.814. The minimum absolute atomic E-state index is 0.0360. The molecule has 1 N–H and O–H groups in total. The first-order valence-electron chi connectivity index (χ1n) is 7.71. The molecule has 2 heterocycles. The van der Waals surface area contributed by atoms with Gasteiger partial charge in [0, 0.05) is 22.8 Å². The topological polar surface area (TPSA) is 50.9 Å². The van der Waals surface area contributed by atoms with Gasteiger partial charge in [0.2, 0.25) is 0 Å². The van der Waals surface area contributed by atoms with Crippen molar-refractivity contribution in [3.63, 3.8) is 0 Å². The standard InChI is InChI=1S/C18H19NO3S/c1-2-3-7-22-16-6-4-5-13(8-16)14-9-17-19(11-14)15(12-23-17)10-18(20)21/h4-6,8-9,11-12H,2-3,7,10H2,1H3,(H,20,21). The summed E-state index contributed by atoms with van der Waals surface area (Å²) in [7, 11) is 0. The number of carboxylic acids is 1. The number of benzene rings is 1. The van der Waals surface area contributed by atoms with Crippen molar-refractivity contribution < 1.29 is 14.6 Å². The lowest BCUT2D eigenvalue weighted by Crippen LogP contribution is -2.02. The summed E-state index contributed by atoms with van der Waals surface area (Å²) < 4.78 is 7.72. The number of nitrogens with zero attached hydrogens (tertiary/aromatic N) is 1. The number of carbonyl (C=O) groups is 1. The van der Waals surface area contributed by atoms with Crippen LogP contribution in [0.3, 0.4) is 0 Å². The molecule has 2 aromatic heterocycles. The van der Waals surface area contributed by atoms with Crippen molar-refractivity contribution >= 4 is 22.1 Å². The third kappa shape index (κ3) is 3.56. The molecule has 4 nitrogen and oxygen atoms in total. The fourth-order valence-corrected chi connectivity index (χ4v) is 3.41. The van der Waals surface area contributed by atoms with Crippen molar-refractivity contribution in [2.24, 2.45) is 0 Å². The lowest BCUT2D eigenvalue weighted by atomic mass is 10.1. The Balaban J connectivity index is 1.86. The van der Waals surface area contributed by atoms with E-state index in [9.17, 15) is 4.79 Å². The summed E-state index contributed by atoms with van der Waals surface area (Å²) in [4.78, 5) is 12.0. The molecule has 0 aliphatic rings. The fourth-order valence-electron chi connectivity index (χ4n) is 2.48. The van der Waals surface area contributed by atoms with Gasteiger partial charge in [0.15, 0.2) is 0 Å². The van der Waals surface area contributed by atoms with E-state index in [1.165, 1.54) is 0 Å². The van der Waals surface area contributed by atoms with Crippen molar-refractivity contribution in [3.8, 4) is 16.9 Å². The quantitative estimate of drug-likeness (QED) is 0.651. The molecule has 0 saturated heterocycles. The average Bonchev–Trinajstić information content (AvgIpc) is 3.10. The van der Waals surface area contributed by atoms with E-state index in [0.29, 0.717) is 0 Å². The number of aromatic nitrogens is 1. The maximum atomic E-state index is 10.9. The number of carboxylic acid groups (broad SMARTS) is 1. The maximum absolute atomic E-state index is 10.9. The van der Waals surface area contributed by atoms with Gasteiger partial charge in [0.25, 0.3) is 0 Å². The molecule has 0 aliphatic heterocycles. The Morgan fingerprint density at radius 3 is 2.96 bits per heavy atom. The van der Waals surface area contributed by atoms with Gasteiger partial charge in [-0.05, 0) is 30.2 Å². The number of thiazole rings is 1. The lowest BCUT2D eigenvalue weighted by Gasteiger charge is -2.06. The van der Waals surface area contributed by atoms with Crippen LogP contribution in [0.25, 0.3) is 16.0 Å². The van der Waals surface area contributed by atoms with Gasteiger partial charge in [-0.3, -0.25) is 4.79 Å². The monoisotopic (exact) mass is 329 g/mol. The van der Waals surface area contributed by atoms with Gasteiger partial charge in [-0.1, -0.05) is 25.5 Å². The van der Waals surface area contributed by atoms with E-state index < -0.39 is 5.97 Å². The highest BCUT2D eigenvalue weighted by Gasteiger charge is 2.11. The second-order valence-corrected chi connectivity index (χ2v) is 6.35. The van der Waals surface area contributed by atoms with Crippen molar-refractivity contribution in [1.82, 2.24) is 4.40 Å². The van der Waals surface area contributed by atoms with Gasteiger partial charge in [0.05, 0.1) is 17.9 Å². The normalized spacial score (nSPS) is 11.0. The largest absolute Gasteiger partial charge is 0.494 e. The fraction of sp³-hybridized carbons (Fsp3) is 0.278. The predicted octanol–water partition coefficient (Wildman–Crippen LogP) is 4.47. The number of ether oxygens (including phenoxy) is 1. The first-order chi connectivity index (χ1) is 11.2. The lowest BCUT2D eigenvalue weighted by molar-refractivity contribution is -0.136. The highest BCUT2D eigenvalue weighted by molar-refractivity contribution is 7.15. The number of aliphatic carboxylic acids is 1. The van der Waals surface area contributed by atoms with Crippen molar-refractivity contribution in [3.05, 3.63) is 47.6 Å². The van der Waals surface area contributed by atoms with E-state index in [1.54, 1.807) is 11.3 Å². The van der Waals surface area contributed by atoms with Gasteiger partial charge in [-0.15, -0.1) is 11.3 Å². The molecule has 0 amide bonds. The average molecular weight is 329 g/mol. The second kappa shape index (κ2) is 6.87. The van der Waals surface area contributed by atoms with Crippen molar-refractivity contribution in [2.45, 2.75) is 26.2 Å². The number of fused-ring (bicyclic) bond motifs is 1. The Bertz CT molecular complexity index is 819. The summed E-state index contributed by atoms with van der Waals surface area (Å²) in [5.74, 6) is 0.0579. The molecule has 0 atom stereocenters. The van der Waals surface area contributed by atoms with Gasteiger partial charge < -0.3 is 14.2 Å². The molecular weight excluding hydrogens is 310 g/mol. The number of hydrogen-bond acceptors (Lipinski definition) is 3. The molecule has 0 bridgehead atoms. The Kier molecular flexibility index (Phi) is 4.67. The van der Waals surface area contributed by atoms with E-state index >= 15 is 0 Å². The van der Waals surface area contributed by atoms with E-state index in [1.807, 2.05) is 40.2 Å². The van der Waals surface area contributed by atoms with E-state index in [0.717, 1.165) is 46.8 Å². The first kappa shape index (κ1) is 15.6. The molecule has 1 aromatic carbocycles. The van der Waals surface area contributed by atoms with Gasteiger partial charge in [-0.2, -0.15) is 0 Å². The van der Waals surface area contributed by atoms with Crippen LogP contribution in [-0.4, -0.2) is 22.1 Å². The van der Waals surface area contributed by atoms with Crippen LogP contribution in [0.1, 0.15) is 25.5 Å². The molecule has 3 aromatic rings. The summed E-state index contributed by atoms with van der Waals surface area (Å²) in [6, 6.07) is 10.1. The molecule has 0 aliphatic carbocycles. The van der Waals surface area contributed by atoms with Crippen LogP contribution in [0.5, 0.6) is 5.75 Å². The van der Waals surface area contributed by atoms with Gasteiger partial charge in [-0.25, -0.2) is 0 Å². The van der Waals surface area contributed by atoms with Crippen LogP contribution in [0.15, 0.2) is 41.9 Å². The van der Waals surface area contributed by atoms with Crippen LogP contribution < -0.4 is 4.74 Å². The molecule has 120 valence electrons. The highest BCUT2D eigenvalue weighted by atomic mass is 32.1. The first-order valence-corrected chi connectivity index (χ1v) is 8.59. The van der Waals surface area contributed by atoms with Crippen LogP contribution in [0.2, 0.25) is 0 Å². The van der Waals surface area contributed by atoms with E-state index in [4.69, 9.17) is 9.84 Å². The Morgan fingerprint density at radius 2 is 2.17 bits per heavy atom. The second-order valence-electron chi connectivity index (χ2n) is 5.46.